The summed E-state index contributed by atoms with van der Waals surface area (Å²) in [5, 5.41) is 27.9. The number of unbranched alkanes of at least 4 members (excludes halogenated alkanes) is 27. The normalized spacial score (nSPS) is 13.2. The van der Waals surface area contributed by atoms with E-state index in [2.05, 4.69) is 62.5 Å². The van der Waals surface area contributed by atoms with Gasteiger partial charge in [-0.25, -0.2) is 0 Å². The predicted molar refractivity (Wildman–Crippen MR) is 261 cm³/mol. The van der Waals surface area contributed by atoms with Crippen molar-refractivity contribution in [1.82, 2.24) is 0 Å². The highest BCUT2D eigenvalue weighted by Crippen LogP contribution is 2.21. The van der Waals surface area contributed by atoms with Crippen molar-refractivity contribution in [2.24, 2.45) is 5.92 Å². The summed E-state index contributed by atoms with van der Waals surface area (Å²) in [7, 11) is 0. The summed E-state index contributed by atoms with van der Waals surface area (Å²) in [6, 6.07) is 0. The van der Waals surface area contributed by atoms with E-state index < -0.39 is 30.5 Å². The summed E-state index contributed by atoms with van der Waals surface area (Å²) >= 11 is 0. The Kier molecular flexibility index (Phi) is 45.7. The number of hydrogen-bond donors (Lipinski definition) is 3. The van der Waals surface area contributed by atoms with Crippen LogP contribution in [0.4, 0.5) is 0 Å². The van der Waals surface area contributed by atoms with Crippen molar-refractivity contribution in [3.8, 4) is 0 Å². The van der Waals surface area contributed by atoms with Gasteiger partial charge in [0.15, 0.2) is 5.78 Å². The van der Waals surface area contributed by atoms with Crippen molar-refractivity contribution in [3.05, 3.63) is 48.6 Å². The minimum absolute atomic E-state index is 0.197. The van der Waals surface area contributed by atoms with Crippen molar-refractivity contribution >= 4 is 17.3 Å². The lowest BCUT2D eigenvalue weighted by Gasteiger charge is -2.15. The molecule has 0 fully saturated rings. The zero-order valence-electron chi connectivity index (χ0n) is 40.0. The van der Waals surface area contributed by atoms with E-state index in [0.717, 1.165) is 109 Å². The largest absolute Gasteiger partial charge is 0.394 e. The molecule has 0 aliphatic heterocycles. The number of carbonyl (C=O) groups excluding carboxylic acids is 3. The molecule has 6 nitrogen and oxygen atoms in total. The molecule has 0 aromatic carbocycles. The van der Waals surface area contributed by atoms with E-state index in [0.29, 0.717) is 19.3 Å². The second-order valence-corrected chi connectivity index (χ2v) is 17.9. The Bertz CT molecular complexity index is 1050. The zero-order chi connectivity index (χ0) is 44.7. The van der Waals surface area contributed by atoms with Crippen LogP contribution < -0.4 is 0 Å². The van der Waals surface area contributed by atoms with Gasteiger partial charge in [-0.3, -0.25) is 14.4 Å². The average molecular weight is 855 g/mol. The van der Waals surface area contributed by atoms with Gasteiger partial charge >= 0.3 is 0 Å². The molecule has 0 aliphatic carbocycles. The van der Waals surface area contributed by atoms with Crippen LogP contribution in [0.25, 0.3) is 0 Å². The van der Waals surface area contributed by atoms with E-state index in [-0.39, 0.29) is 18.0 Å². The Morgan fingerprint density at radius 1 is 0.377 bits per heavy atom. The number of aliphatic hydroxyl groups excluding tert-OH is 3. The number of rotatable bonds is 48. The van der Waals surface area contributed by atoms with Crippen molar-refractivity contribution in [1.29, 1.82) is 0 Å². The first-order chi connectivity index (χ1) is 29.9. The molecule has 0 amide bonds. The number of aliphatic hydroxyl groups is 3. The quantitative estimate of drug-likeness (QED) is 0.0319. The molecule has 2 atom stereocenters. The van der Waals surface area contributed by atoms with Crippen LogP contribution in [-0.4, -0.2) is 51.5 Å². The van der Waals surface area contributed by atoms with Gasteiger partial charge in [-0.05, 0) is 89.9 Å². The Hall–Kier alpha value is -2.15. The molecule has 0 spiro atoms. The number of allylic oxidation sites excluding steroid dienone is 8. The summed E-state index contributed by atoms with van der Waals surface area (Å²) < 4.78 is 0. The van der Waals surface area contributed by atoms with E-state index in [4.69, 9.17) is 5.11 Å². The van der Waals surface area contributed by atoms with Crippen LogP contribution in [0.15, 0.2) is 48.6 Å². The topological polar surface area (TPSA) is 112 Å². The Balaban J connectivity index is 4.39. The third-order valence-electron chi connectivity index (χ3n) is 12.1. The second-order valence-electron chi connectivity index (χ2n) is 17.9. The molecule has 3 N–H and O–H groups in total. The minimum atomic E-state index is -1.48. The molecule has 0 saturated heterocycles. The zero-order valence-corrected chi connectivity index (χ0v) is 40.0. The Morgan fingerprint density at radius 3 is 1.02 bits per heavy atom. The minimum Gasteiger partial charge on any atom is -0.394 e. The summed E-state index contributed by atoms with van der Waals surface area (Å²) in [6.45, 7) is 3.88. The second kappa shape index (κ2) is 47.3. The molecule has 6 heteroatoms. The summed E-state index contributed by atoms with van der Waals surface area (Å²) in [4.78, 5) is 38.7. The fraction of sp³-hybridized carbons (Fsp3) is 0.800. The van der Waals surface area contributed by atoms with Crippen LogP contribution in [0.3, 0.4) is 0 Å². The van der Waals surface area contributed by atoms with Gasteiger partial charge < -0.3 is 15.3 Å². The van der Waals surface area contributed by atoms with Gasteiger partial charge in [-0.1, -0.05) is 197 Å². The van der Waals surface area contributed by atoms with Crippen LogP contribution >= 0.6 is 0 Å². The van der Waals surface area contributed by atoms with Gasteiger partial charge in [-0.2, -0.15) is 0 Å². The molecule has 0 aromatic rings. The molecule has 0 aliphatic rings. The Morgan fingerprint density at radius 2 is 0.672 bits per heavy atom. The maximum absolute atomic E-state index is 13.4. The van der Waals surface area contributed by atoms with E-state index in [9.17, 15) is 24.6 Å². The molecule has 0 radical (unpaired) electrons. The van der Waals surface area contributed by atoms with E-state index >= 15 is 0 Å². The summed E-state index contributed by atoms with van der Waals surface area (Å²) in [6.07, 6.45) is 56.4. The third-order valence-corrected chi connectivity index (χ3v) is 12.1. The van der Waals surface area contributed by atoms with Crippen LogP contribution in [0, 0.1) is 5.92 Å². The highest BCUT2D eigenvalue weighted by molar-refractivity contribution is 6.02. The number of ketones is 3. The molecule has 61 heavy (non-hydrogen) atoms. The first kappa shape index (κ1) is 58.9. The highest BCUT2D eigenvalue weighted by atomic mass is 16.4. The molecule has 0 rings (SSSR count). The van der Waals surface area contributed by atoms with Gasteiger partial charge in [0, 0.05) is 19.3 Å². The van der Waals surface area contributed by atoms with Crippen molar-refractivity contribution < 1.29 is 29.7 Å². The monoisotopic (exact) mass is 855 g/mol. The van der Waals surface area contributed by atoms with Gasteiger partial charge in [0.25, 0.3) is 0 Å². The smallest absolute Gasteiger partial charge is 0.164 e. The molecule has 354 valence electrons. The van der Waals surface area contributed by atoms with E-state index in [1.807, 2.05) is 0 Å². The van der Waals surface area contributed by atoms with Gasteiger partial charge in [0.2, 0.25) is 0 Å². The molecule has 0 aromatic heterocycles. The van der Waals surface area contributed by atoms with Gasteiger partial charge in [0.1, 0.15) is 23.8 Å². The van der Waals surface area contributed by atoms with Crippen molar-refractivity contribution in [2.45, 2.75) is 270 Å². The molecular weight excluding hydrogens is 757 g/mol. The first-order valence-corrected chi connectivity index (χ1v) is 26.0. The van der Waals surface area contributed by atoms with Crippen LogP contribution in [0.1, 0.15) is 258 Å². The third kappa shape index (κ3) is 40.4. The van der Waals surface area contributed by atoms with Crippen LogP contribution in [0.2, 0.25) is 0 Å². The van der Waals surface area contributed by atoms with Crippen LogP contribution in [0.5, 0.6) is 0 Å². The lowest BCUT2D eigenvalue weighted by molar-refractivity contribution is -0.135. The van der Waals surface area contributed by atoms with E-state index in [1.165, 1.54) is 109 Å². The fourth-order valence-electron chi connectivity index (χ4n) is 7.95. The fourth-order valence-corrected chi connectivity index (χ4v) is 7.95. The molecule has 0 saturated carbocycles. The van der Waals surface area contributed by atoms with Gasteiger partial charge in [-0.15, -0.1) is 0 Å². The average Bonchev–Trinajstić information content (AvgIpc) is 3.26. The van der Waals surface area contributed by atoms with E-state index in [1.54, 1.807) is 0 Å². The predicted octanol–water partition coefficient (Wildman–Crippen LogP) is 15.1. The SMILES string of the molecule is CCCCC/C=C\C/C=C\CCCCCCCC(=O)C(CCCCCCCCCCCCCCC(=O)C(O)C(O)CO)C(=O)CCCCCCC/C=C\C/C=C\CCCCC. The number of hydrogen-bond acceptors (Lipinski definition) is 6. The molecule has 2 unspecified atom stereocenters. The standard InChI is InChI=1S/C55H98O6/c1-3-5-7-9-11-13-15-17-19-21-26-30-34-38-42-46-51(57)50(52(58)47-43-39-35-31-27-22-20-18-16-14-12-10-8-6-4-2)45-41-37-33-29-25-23-24-28-32-36-40-44-48-53(59)55(61)54(60)49-56/h11-14,17-20,50,54-56,60-61H,3-10,15-16,21-49H2,1-2H3/b13-11-,14-12-,19-17-,20-18-. The van der Waals surface area contributed by atoms with Crippen molar-refractivity contribution in [2.75, 3.05) is 6.61 Å². The molecule has 0 heterocycles. The lowest BCUT2D eigenvalue weighted by Crippen LogP contribution is -2.36. The maximum atomic E-state index is 13.4. The van der Waals surface area contributed by atoms with Crippen LogP contribution in [-0.2, 0) is 14.4 Å². The Labute approximate surface area is 377 Å². The maximum Gasteiger partial charge on any atom is 0.164 e. The number of Topliss-reactive ketones (excluding diaryl/α,β-unsaturated/α-hetero) is 3. The summed E-state index contributed by atoms with van der Waals surface area (Å²) in [5.41, 5.74) is 0. The summed E-state index contributed by atoms with van der Waals surface area (Å²) in [5.74, 6) is -0.395. The molecule has 0 bridgehead atoms. The number of carbonyl (C=O) groups is 3. The van der Waals surface area contributed by atoms with Gasteiger partial charge in [0.05, 0.1) is 12.5 Å². The first-order valence-electron chi connectivity index (χ1n) is 26.0. The molecular formula is C55H98O6. The highest BCUT2D eigenvalue weighted by Gasteiger charge is 2.25. The lowest BCUT2D eigenvalue weighted by atomic mass is 9.87. The van der Waals surface area contributed by atoms with Crippen molar-refractivity contribution in [3.63, 3.8) is 0 Å².